The number of allylic oxidation sites excluding steroid dienone is 2. The van der Waals surface area contributed by atoms with Crippen molar-refractivity contribution in [3.63, 3.8) is 0 Å². The molecule has 3 aliphatic rings. The average molecular weight is 403 g/mol. The van der Waals surface area contributed by atoms with Crippen molar-refractivity contribution in [1.82, 2.24) is 5.01 Å². The molecule has 1 aromatic rings. The van der Waals surface area contributed by atoms with Gasteiger partial charge in [0, 0.05) is 10.0 Å². The van der Waals surface area contributed by atoms with Crippen LogP contribution in [-0.4, -0.2) is 29.1 Å². The van der Waals surface area contributed by atoms with E-state index in [1.807, 2.05) is 32.0 Å². The van der Waals surface area contributed by atoms with Gasteiger partial charge in [0.25, 0.3) is 11.8 Å². The standard InChI is InChI=1S/C19H19BrN2O3/c1-10(2)25-15-6-5-14(20)8-13(15)9-21-22-18(23)16-11-3-4-12(7-11)17(16)19(22)24/h3-6,8-12,16-17H,7H2,1-2H3. The Bertz CT molecular complexity index is 772. The second-order valence-corrected chi connectivity index (χ2v) is 8.00. The molecule has 1 saturated carbocycles. The largest absolute Gasteiger partial charge is 0.490 e. The van der Waals surface area contributed by atoms with Gasteiger partial charge in [-0.1, -0.05) is 28.1 Å². The maximum absolute atomic E-state index is 12.7. The first-order valence-corrected chi connectivity index (χ1v) is 9.31. The van der Waals surface area contributed by atoms with E-state index in [9.17, 15) is 9.59 Å². The van der Waals surface area contributed by atoms with Crippen molar-refractivity contribution >= 4 is 34.0 Å². The van der Waals surface area contributed by atoms with Crippen LogP contribution >= 0.6 is 15.9 Å². The van der Waals surface area contributed by atoms with Gasteiger partial charge < -0.3 is 4.74 Å². The molecule has 2 aliphatic carbocycles. The van der Waals surface area contributed by atoms with Gasteiger partial charge in [-0.05, 0) is 50.3 Å². The van der Waals surface area contributed by atoms with Gasteiger partial charge in [0.2, 0.25) is 0 Å². The molecule has 4 rings (SSSR count). The number of hydrogen-bond acceptors (Lipinski definition) is 4. The van der Waals surface area contributed by atoms with Crippen LogP contribution in [0.1, 0.15) is 25.8 Å². The molecule has 0 N–H and O–H groups in total. The molecule has 4 atom stereocenters. The fourth-order valence-corrected chi connectivity index (χ4v) is 4.48. The molecule has 0 radical (unpaired) electrons. The highest BCUT2D eigenvalue weighted by Gasteiger charge is 2.59. The molecule has 1 saturated heterocycles. The third-order valence-electron chi connectivity index (χ3n) is 5.09. The minimum absolute atomic E-state index is 0.0180. The Morgan fingerprint density at radius 2 is 1.84 bits per heavy atom. The quantitative estimate of drug-likeness (QED) is 0.440. The Kier molecular flexibility index (Phi) is 4.02. The fraction of sp³-hybridized carbons (Fsp3) is 0.421. The number of carbonyl (C=O) groups is 2. The van der Waals surface area contributed by atoms with Gasteiger partial charge in [0.1, 0.15) is 5.75 Å². The molecule has 2 fully saturated rings. The molecule has 0 spiro atoms. The van der Waals surface area contributed by atoms with Crippen LogP contribution < -0.4 is 4.74 Å². The molecule has 6 heteroatoms. The lowest BCUT2D eigenvalue weighted by atomic mass is 9.85. The van der Waals surface area contributed by atoms with Crippen molar-refractivity contribution in [3.8, 4) is 5.75 Å². The van der Waals surface area contributed by atoms with Gasteiger partial charge in [-0.25, -0.2) is 0 Å². The van der Waals surface area contributed by atoms with Gasteiger partial charge in [-0.2, -0.15) is 10.1 Å². The molecule has 2 bridgehead atoms. The zero-order chi connectivity index (χ0) is 17.7. The van der Waals surface area contributed by atoms with Crippen LogP contribution in [0.25, 0.3) is 0 Å². The lowest BCUT2D eigenvalue weighted by molar-refractivity contribution is -0.140. The molecule has 130 valence electrons. The van der Waals surface area contributed by atoms with E-state index in [2.05, 4.69) is 33.2 Å². The number of ether oxygens (including phenoxy) is 1. The number of hydrazone groups is 1. The first-order chi connectivity index (χ1) is 12.0. The molecule has 1 aromatic carbocycles. The highest BCUT2D eigenvalue weighted by Crippen LogP contribution is 2.52. The predicted octanol–water partition coefficient (Wildman–Crippen LogP) is 3.38. The monoisotopic (exact) mass is 402 g/mol. The van der Waals surface area contributed by atoms with Gasteiger partial charge in [-0.15, -0.1) is 0 Å². The van der Waals surface area contributed by atoms with Crippen molar-refractivity contribution in [3.05, 3.63) is 40.4 Å². The van der Waals surface area contributed by atoms with E-state index in [1.54, 1.807) is 0 Å². The third-order valence-corrected chi connectivity index (χ3v) is 5.59. The maximum Gasteiger partial charge on any atom is 0.254 e. The number of halogens is 1. The number of hydrogen-bond donors (Lipinski definition) is 0. The molecule has 4 unspecified atom stereocenters. The van der Waals surface area contributed by atoms with E-state index in [4.69, 9.17) is 4.74 Å². The first kappa shape index (κ1) is 16.5. The number of fused-ring (bicyclic) bond motifs is 5. The Hall–Kier alpha value is -1.95. The van der Waals surface area contributed by atoms with Crippen molar-refractivity contribution < 1.29 is 14.3 Å². The highest BCUT2D eigenvalue weighted by molar-refractivity contribution is 9.10. The maximum atomic E-state index is 12.7. The number of imide groups is 1. The number of rotatable bonds is 4. The van der Waals surface area contributed by atoms with Gasteiger partial charge in [-0.3, -0.25) is 9.59 Å². The van der Waals surface area contributed by atoms with E-state index in [1.165, 1.54) is 6.21 Å². The number of carbonyl (C=O) groups excluding carboxylic acids is 2. The van der Waals surface area contributed by atoms with Crippen LogP contribution in [-0.2, 0) is 9.59 Å². The molecule has 1 heterocycles. The zero-order valence-corrected chi connectivity index (χ0v) is 15.6. The zero-order valence-electron chi connectivity index (χ0n) is 14.1. The summed E-state index contributed by atoms with van der Waals surface area (Å²) in [5.41, 5.74) is 0.724. The highest BCUT2D eigenvalue weighted by atomic mass is 79.9. The number of benzene rings is 1. The molecule has 5 nitrogen and oxygen atoms in total. The molecular weight excluding hydrogens is 384 g/mol. The Morgan fingerprint density at radius 1 is 1.20 bits per heavy atom. The summed E-state index contributed by atoms with van der Waals surface area (Å²) in [6.07, 6.45) is 6.63. The van der Waals surface area contributed by atoms with Crippen molar-refractivity contribution in [2.45, 2.75) is 26.4 Å². The Balaban J connectivity index is 1.60. The first-order valence-electron chi connectivity index (χ1n) is 8.52. The molecule has 1 aliphatic heterocycles. The fourth-order valence-electron chi connectivity index (χ4n) is 4.10. The number of nitrogens with zero attached hydrogens (tertiary/aromatic N) is 2. The average Bonchev–Trinajstić information content (AvgIpc) is 3.23. The summed E-state index contributed by atoms with van der Waals surface area (Å²) >= 11 is 3.43. The molecule has 2 amide bonds. The van der Waals surface area contributed by atoms with Crippen LogP contribution in [0, 0.1) is 23.7 Å². The van der Waals surface area contributed by atoms with Gasteiger partial charge in [0.15, 0.2) is 0 Å². The molecule has 0 aromatic heterocycles. The molecule has 25 heavy (non-hydrogen) atoms. The van der Waals surface area contributed by atoms with E-state index >= 15 is 0 Å². The SMILES string of the molecule is CC(C)Oc1ccc(Br)cc1C=NN1C(=O)C2C3C=CC(C3)C2C1=O. The summed E-state index contributed by atoms with van der Waals surface area (Å²) in [7, 11) is 0. The Morgan fingerprint density at radius 3 is 2.44 bits per heavy atom. The summed E-state index contributed by atoms with van der Waals surface area (Å²) < 4.78 is 6.66. The van der Waals surface area contributed by atoms with Crippen molar-refractivity contribution in [2.24, 2.45) is 28.8 Å². The van der Waals surface area contributed by atoms with E-state index in [-0.39, 0.29) is 41.6 Å². The van der Waals surface area contributed by atoms with Gasteiger partial charge in [0.05, 0.1) is 24.2 Å². The third kappa shape index (κ3) is 2.72. The number of amides is 2. The van der Waals surface area contributed by atoms with Crippen LogP contribution in [0.4, 0.5) is 0 Å². The van der Waals surface area contributed by atoms with E-state index < -0.39 is 0 Å². The minimum Gasteiger partial charge on any atom is -0.490 e. The van der Waals surface area contributed by atoms with Crippen molar-refractivity contribution in [1.29, 1.82) is 0 Å². The van der Waals surface area contributed by atoms with Crippen LogP contribution in [0.3, 0.4) is 0 Å². The van der Waals surface area contributed by atoms with Gasteiger partial charge >= 0.3 is 0 Å². The van der Waals surface area contributed by atoms with Crippen LogP contribution in [0.2, 0.25) is 0 Å². The summed E-state index contributed by atoms with van der Waals surface area (Å²) in [4.78, 5) is 25.3. The van der Waals surface area contributed by atoms with Crippen LogP contribution in [0.15, 0.2) is 39.9 Å². The van der Waals surface area contributed by atoms with Crippen molar-refractivity contribution in [2.75, 3.05) is 0 Å². The summed E-state index contributed by atoms with van der Waals surface area (Å²) in [5, 5.41) is 5.28. The normalized spacial score (nSPS) is 30.2. The molecular formula is C19H19BrN2O3. The van der Waals surface area contributed by atoms with Crippen LogP contribution in [0.5, 0.6) is 5.75 Å². The minimum atomic E-state index is -0.228. The van der Waals surface area contributed by atoms with E-state index in [0.29, 0.717) is 5.75 Å². The summed E-state index contributed by atoms with van der Waals surface area (Å²) in [6.45, 7) is 3.89. The topological polar surface area (TPSA) is 59.0 Å². The lowest BCUT2D eigenvalue weighted by Gasteiger charge is -2.14. The summed E-state index contributed by atoms with van der Waals surface area (Å²) in [5.74, 6) is 0.244. The second kappa shape index (κ2) is 6.09. The Labute approximate surface area is 154 Å². The lowest BCUT2D eigenvalue weighted by Crippen LogP contribution is -2.28. The smallest absolute Gasteiger partial charge is 0.254 e. The second-order valence-electron chi connectivity index (χ2n) is 7.08. The predicted molar refractivity (Wildman–Crippen MR) is 97.1 cm³/mol. The summed E-state index contributed by atoms with van der Waals surface area (Å²) in [6, 6.07) is 5.59. The van der Waals surface area contributed by atoms with E-state index in [0.717, 1.165) is 21.5 Å².